The summed E-state index contributed by atoms with van der Waals surface area (Å²) < 4.78 is 40.9. The van der Waals surface area contributed by atoms with Crippen LogP contribution in [-0.4, -0.2) is 19.8 Å². The van der Waals surface area contributed by atoms with Gasteiger partial charge in [-0.05, 0) is 40.7 Å². The van der Waals surface area contributed by atoms with E-state index in [1.165, 1.54) is 6.07 Å². The van der Waals surface area contributed by atoms with E-state index < -0.39 is 12.8 Å². The first-order valence-electron chi connectivity index (χ1n) is 4.55. The molecule has 0 bridgehead atoms. The second kappa shape index (κ2) is 5.54. The summed E-state index contributed by atoms with van der Waals surface area (Å²) in [6, 6.07) is 4.96. The molecule has 0 saturated carbocycles. The Morgan fingerprint density at radius 3 is 2.56 bits per heavy atom. The van der Waals surface area contributed by atoms with Crippen LogP contribution in [0.25, 0.3) is 0 Å². The van der Waals surface area contributed by atoms with Crippen LogP contribution in [0.3, 0.4) is 0 Å². The third-order valence-corrected chi connectivity index (χ3v) is 2.39. The fourth-order valence-electron chi connectivity index (χ4n) is 1.14. The molecule has 0 aliphatic carbocycles. The zero-order valence-electron chi connectivity index (χ0n) is 8.57. The Bertz CT molecular complexity index is 354. The van der Waals surface area contributed by atoms with Crippen LogP contribution in [0.15, 0.2) is 22.7 Å². The van der Waals surface area contributed by atoms with Gasteiger partial charge >= 0.3 is 6.18 Å². The van der Waals surface area contributed by atoms with E-state index >= 15 is 0 Å². The molecule has 0 aliphatic heterocycles. The van der Waals surface area contributed by atoms with Crippen molar-refractivity contribution in [2.75, 3.05) is 13.7 Å². The van der Waals surface area contributed by atoms with Crippen molar-refractivity contribution in [2.45, 2.75) is 12.7 Å². The van der Waals surface area contributed by atoms with Gasteiger partial charge in [-0.25, -0.2) is 0 Å². The summed E-state index contributed by atoms with van der Waals surface area (Å²) in [5.41, 5.74) is 0.966. The average molecular weight is 298 g/mol. The van der Waals surface area contributed by atoms with Gasteiger partial charge in [-0.1, -0.05) is 6.07 Å². The predicted octanol–water partition coefficient (Wildman–Crippen LogP) is 3.11. The van der Waals surface area contributed by atoms with Crippen molar-refractivity contribution in [2.24, 2.45) is 0 Å². The van der Waals surface area contributed by atoms with Crippen LogP contribution in [0.2, 0.25) is 0 Å². The monoisotopic (exact) mass is 297 g/mol. The standard InChI is InChI=1S/C10H11BrF3NO/c1-15-5-7-2-3-9(8(11)4-7)16-6-10(12,13)14/h2-4,15H,5-6H2,1H3. The lowest BCUT2D eigenvalue weighted by molar-refractivity contribution is -0.153. The lowest BCUT2D eigenvalue weighted by Crippen LogP contribution is -2.19. The smallest absolute Gasteiger partial charge is 0.422 e. The molecular weight excluding hydrogens is 287 g/mol. The first kappa shape index (κ1) is 13.3. The van der Waals surface area contributed by atoms with Crippen molar-refractivity contribution in [3.8, 4) is 5.75 Å². The molecule has 0 saturated heterocycles. The Balaban J connectivity index is 2.68. The second-order valence-corrected chi connectivity index (χ2v) is 4.05. The summed E-state index contributed by atoms with van der Waals surface area (Å²) in [4.78, 5) is 0. The van der Waals surface area contributed by atoms with Gasteiger partial charge in [-0.15, -0.1) is 0 Å². The maximum Gasteiger partial charge on any atom is 0.422 e. The average Bonchev–Trinajstić information content (AvgIpc) is 2.15. The van der Waals surface area contributed by atoms with Crippen LogP contribution >= 0.6 is 15.9 Å². The molecule has 1 rings (SSSR count). The van der Waals surface area contributed by atoms with Gasteiger partial charge in [0.15, 0.2) is 6.61 Å². The number of rotatable bonds is 4. The van der Waals surface area contributed by atoms with E-state index in [0.29, 0.717) is 11.0 Å². The van der Waals surface area contributed by atoms with Crippen LogP contribution in [0, 0.1) is 0 Å². The summed E-state index contributed by atoms with van der Waals surface area (Å²) in [5, 5.41) is 2.95. The Hall–Kier alpha value is -0.750. The van der Waals surface area contributed by atoms with Crippen LogP contribution < -0.4 is 10.1 Å². The molecule has 90 valence electrons. The highest BCUT2D eigenvalue weighted by Crippen LogP contribution is 2.27. The highest BCUT2D eigenvalue weighted by Gasteiger charge is 2.28. The van der Waals surface area contributed by atoms with Crippen LogP contribution in [0.5, 0.6) is 5.75 Å². The lowest BCUT2D eigenvalue weighted by atomic mass is 10.2. The molecule has 0 unspecified atom stereocenters. The van der Waals surface area contributed by atoms with Crippen LogP contribution in [0.1, 0.15) is 5.56 Å². The molecule has 1 N–H and O–H groups in total. The Kier molecular flexibility index (Phi) is 4.61. The summed E-state index contributed by atoms with van der Waals surface area (Å²) in [5.74, 6) is 0.192. The minimum Gasteiger partial charge on any atom is -0.483 e. The Morgan fingerprint density at radius 2 is 2.06 bits per heavy atom. The highest BCUT2D eigenvalue weighted by molar-refractivity contribution is 9.10. The van der Waals surface area contributed by atoms with Gasteiger partial charge in [-0.3, -0.25) is 0 Å². The molecule has 2 nitrogen and oxygen atoms in total. The maximum absolute atomic E-state index is 11.9. The van der Waals surface area contributed by atoms with E-state index in [-0.39, 0.29) is 5.75 Å². The summed E-state index contributed by atoms with van der Waals surface area (Å²) in [7, 11) is 1.79. The van der Waals surface area contributed by atoms with E-state index in [2.05, 4.69) is 26.0 Å². The molecule has 0 aromatic heterocycles. The van der Waals surface area contributed by atoms with Crippen molar-refractivity contribution in [3.63, 3.8) is 0 Å². The molecule has 0 amide bonds. The maximum atomic E-state index is 11.9. The molecule has 0 atom stereocenters. The first-order valence-corrected chi connectivity index (χ1v) is 5.34. The molecule has 1 aromatic carbocycles. The van der Waals surface area contributed by atoms with Crippen molar-refractivity contribution >= 4 is 15.9 Å². The number of hydrogen-bond donors (Lipinski definition) is 1. The van der Waals surface area contributed by atoms with Crippen LogP contribution in [-0.2, 0) is 6.54 Å². The van der Waals surface area contributed by atoms with Crippen molar-refractivity contribution in [3.05, 3.63) is 28.2 Å². The minimum absolute atomic E-state index is 0.192. The van der Waals surface area contributed by atoms with Crippen molar-refractivity contribution < 1.29 is 17.9 Å². The Labute approximate surface area is 99.9 Å². The van der Waals surface area contributed by atoms with E-state index in [4.69, 9.17) is 0 Å². The number of hydrogen-bond acceptors (Lipinski definition) is 2. The molecule has 16 heavy (non-hydrogen) atoms. The van der Waals surface area contributed by atoms with E-state index in [0.717, 1.165) is 5.56 Å². The minimum atomic E-state index is -4.32. The molecule has 0 aliphatic rings. The summed E-state index contributed by atoms with van der Waals surface area (Å²) in [6.07, 6.45) is -4.32. The molecule has 0 spiro atoms. The molecule has 6 heteroatoms. The SMILES string of the molecule is CNCc1ccc(OCC(F)(F)F)c(Br)c1. The zero-order valence-corrected chi connectivity index (χ0v) is 10.2. The van der Waals surface area contributed by atoms with Gasteiger partial charge in [-0.2, -0.15) is 13.2 Å². The third-order valence-electron chi connectivity index (χ3n) is 1.77. The predicted molar refractivity (Wildman–Crippen MR) is 58.5 cm³/mol. The highest BCUT2D eigenvalue weighted by atomic mass is 79.9. The summed E-state index contributed by atoms with van der Waals surface area (Å²) >= 11 is 3.16. The molecule has 0 radical (unpaired) electrons. The topological polar surface area (TPSA) is 21.3 Å². The normalized spacial score (nSPS) is 11.6. The second-order valence-electron chi connectivity index (χ2n) is 3.20. The van der Waals surface area contributed by atoms with Crippen molar-refractivity contribution in [1.82, 2.24) is 5.32 Å². The number of nitrogens with one attached hydrogen (secondary N) is 1. The van der Waals surface area contributed by atoms with Crippen molar-refractivity contribution in [1.29, 1.82) is 0 Å². The molecular formula is C10H11BrF3NO. The molecule has 0 fully saturated rings. The van der Waals surface area contributed by atoms with Gasteiger partial charge in [0.25, 0.3) is 0 Å². The quantitative estimate of drug-likeness (QED) is 0.922. The fraction of sp³-hybridized carbons (Fsp3) is 0.400. The van der Waals surface area contributed by atoms with Gasteiger partial charge in [0.05, 0.1) is 4.47 Å². The third kappa shape index (κ3) is 4.40. The summed E-state index contributed by atoms with van der Waals surface area (Å²) in [6.45, 7) is -0.630. The molecule has 0 heterocycles. The zero-order chi connectivity index (χ0) is 12.2. The van der Waals surface area contributed by atoms with E-state index in [1.54, 1.807) is 19.2 Å². The van der Waals surface area contributed by atoms with E-state index in [1.807, 2.05) is 0 Å². The Morgan fingerprint density at radius 1 is 1.38 bits per heavy atom. The number of ether oxygens (including phenoxy) is 1. The first-order chi connectivity index (χ1) is 7.42. The van der Waals surface area contributed by atoms with Gasteiger partial charge in [0, 0.05) is 6.54 Å². The van der Waals surface area contributed by atoms with Crippen LogP contribution in [0.4, 0.5) is 13.2 Å². The molecule has 1 aromatic rings. The number of benzene rings is 1. The number of alkyl halides is 3. The fourth-order valence-corrected chi connectivity index (χ4v) is 1.68. The number of halogens is 4. The van der Waals surface area contributed by atoms with Gasteiger partial charge < -0.3 is 10.1 Å². The largest absolute Gasteiger partial charge is 0.483 e. The van der Waals surface area contributed by atoms with Gasteiger partial charge in [0.2, 0.25) is 0 Å². The van der Waals surface area contributed by atoms with E-state index in [9.17, 15) is 13.2 Å². The lowest BCUT2D eigenvalue weighted by Gasteiger charge is -2.11. The van der Waals surface area contributed by atoms with Gasteiger partial charge in [0.1, 0.15) is 5.75 Å².